The molecular formula is C13H16NO. The summed E-state index contributed by atoms with van der Waals surface area (Å²) in [5, 5.41) is 0. The highest BCUT2D eigenvalue weighted by Crippen LogP contribution is 2.37. The molecule has 1 radical (unpaired) electrons. The molecule has 1 aliphatic rings. The van der Waals surface area contributed by atoms with E-state index in [1.807, 2.05) is 31.1 Å². The summed E-state index contributed by atoms with van der Waals surface area (Å²) in [6.07, 6.45) is 5.26. The van der Waals surface area contributed by atoms with Crippen LogP contribution in [0.3, 0.4) is 0 Å². The van der Waals surface area contributed by atoms with Crippen molar-refractivity contribution in [2.24, 2.45) is 0 Å². The smallest absolute Gasteiger partial charge is 0.225 e. The third-order valence-electron chi connectivity index (χ3n) is 3.38. The Kier molecular flexibility index (Phi) is 2.61. The van der Waals surface area contributed by atoms with Crippen LogP contribution in [0.5, 0.6) is 0 Å². The minimum absolute atomic E-state index is 0.519. The summed E-state index contributed by atoms with van der Waals surface area (Å²) in [6.45, 7) is 0. The Morgan fingerprint density at radius 1 is 1.33 bits per heavy atom. The first-order valence-electron chi connectivity index (χ1n) is 5.36. The predicted octanol–water partition coefficient (Wildman–Crippen LogP) is 1.89. The van der Waals surface area contributed by atoms with Crippen molar-refractivity contribution < 1.29 is 4.79 Å². The molecule has 2 heteroatoms. The zero-order chi connectivity index (χ0) is 10.9. The minimum Gasteiger partial charge on any atom is -0.293 e. The van der Waals surface area contributed by atoms with E-state index in [1.54, 1.807) is 0 Å². The number of likely N-dealkylation sites (N-methyl/N-ethyl adjacent to an activating group) is 1. The summed E-state index contributed by atoms with van der Waals surface area (Å²) in [6, 6.07) is 8.21. The second kappa shape index (κ2) is 3.78. The normalized spacial score (nSPS) is 25.0. The van der Waals surface area contributed by atoms with Crippen molar-refractivity contribution in [2.45, 2.75) is 24.8 Å². The molecule has 0 heterocycles. The van der Waals surface area contributed by atoms with Gasteiger partial charge in [0.05, 0.1) is 0 Å². The van der Waals surface area contributed by atoms with Gasteiger partial charge in [-0.05, 0) is 44.5 Å². The van der Waals surface area contributed by atoms with Gasteiger partial charge < -0.3 is 0 Å². The lowest BCUT2D eigenvalue weighted by Crippen LogP contribution is -2.45. The number of aryl methyl sites for hydroxylation is 1. The van der Waals surface area contributed by atoms with E-state index in [0.29, 0.717) is 0 Å². The molecule has 0 saturated heterocycles. The second-order valence-electron chi connectivity index (χ2n) is 4.37. The van der Waals surface area contributed by atoms with E-state index in [4.69, 9.17) is 0 Å². The molecule has 0 spiro atoms. The van der Waals surface area contributed by atoms with E-state index in [2.05, 4.69) is 18.4 Å². The fraction of sp³-hybridized carbons (Fsp3) is 0.462. The molecule has 2 nitrogen and oxygen atoms in total. The van der Waals surface area contributed by atoms with Crippen LogP contribution in [-0.2, 0) is 16.8 Å². The molecule has 0 bridgehead atoms. The summed E-state index contributed by atoms with van der Waals surface area (Å²) in [5.74, 6) is 0. The molecule has 1 atom stereocenters. The van der Waals surface area contributed by atoms with Gasteiger partial charge in [-0.15, -0.1) is 0 Å². The van der Waals surface area contributed by atoms with E-state index in [9.17, 15) is 4.79 Å². The standard InChI is InChI=1S/C13H16NO/c1-14(2)13(10-15)9-5-7-11-6-3-4-8-12(11)13/h3-4,6,8H,5,7,9H2,1-2H3. The topological polar surface area (TPSA) is 20.3 Å². The number of hydrogen-bond donors (Lipinski definition) is 0. The average Bonchev–Trinajstić information content (AvgIpc) is 2.28. The Bertz CT molecular complexity index is 373. The highest BCUT2D eigenvalue weighted by molar-refractivity contribution is 5.70. The first-order valence-corrected chi connectivity index (χ1v) is 5.36. The van der Waals surface area contributed by atoms with Gasteiger partial charge in [-0.3, -0.25) is 9.69 Å². The Morgan fingerprint density at radius 3 is 2.73 bits per heavy atom. The number of fused-ring (bicyclic) bond motifs is 1. The van der Waals surface area contributed by atoms with Crippen LogP contribution in [0.1, 0.15) is 24.0 Å². The van der Waals surface area contributed by atoms with Crippen LogP contribution in [0.15, 0.2) is 24.3 Å². The lowest BCUT2D eigenvalue weighted by molar-refractivity contribution is 0.196. The maximum atomic E-state index is 11.3. The van der Waals surface area contributed by atoms with Gasteiger partial charge in [0, 0.05) is 0 Å². The van der Waals surface area contributed by atoms with Gasteiger partial charge in [0.15, 0.2) is 0 Å². The molecule has 0 aromatic heterocycles. The summed E-state index contributed by atoms with van der Waals surface area (Å²) in [5.41, 5.74) is 1.91. The van der Waals surface area contributed by atoms with E-state index >= 15 is 0 Å². The van der Waals surface area contributed by atoms with E-state index in [0.717, 1.165) is 24.8 Å². The SMILES string of the molecule is CN(C)C1([C]=O)CCCc2ccccc21. The van der Waals surface area contributed by atoms with E-state index in [-0.39, 0.29) is 0 Å². The van der Waals surface area contributed by atoms with Gasteiger partial charge >= 0.3 is 0 Å². The molecule has 2 rings (SSSR count). The van der Waals surface area contributed by atoms with Crippen LogP contribution in [0, 0.1) is 0 Å². The third-order valence-corrected chi connectivity index (χ3v) is 3.38. The zero-order valence-corrected chi connectivity index (χ0v) is 9.29. The lowest BCUT2D eigenvalue weighted by Gasteiger charge is -2.39. The Morgan fingerprint density at radius 2 is 2.07 bits per heavy atom. The van der Waals surface area contributed by atoms with Crippen molar-refractivity contribution in [1.29, 1.82) is 0 Å². The third kappa shape index (κ3) is 1.49. The molecule has 0 aliphatic heterocycles. The highest BCUT2D eigenvalue weighted by atomic mass is 16.1. The molecule has 1 unspecified atom stereocenters. The fourth-order valence-corrected chi connectivity index (χ4v) is 2.47. The Labute approximate surface area is 90.9 Å². The maximum Gasteiger partial charge on any atom is 0.225 e. The van der Waals surface area contributed by atoms with Crippen LogP contribution < -0.4 is 0 Å². The van der Waals surface area contributed by atoms with Crippen molar-refractivity contribution in [1.82, 2.24) is 4.90 Å². The molecule has 1 aromatic rings. The number of carbonyl (C=O) groups excluding carboxylic acids is 1. The van der Waals surface area contributed by atoms with Crippen LogP contribution in [0.4, 0.5) is 0 Å². The molecular weight excluding hydrogens is 186 g/mol. The van der Waals surface area contributed by atoms with Gasteiger partial charge in [0.2, 0.25) is 6.29 Å². The number of hydrogen-bond acceptors (Lipinski definition) is 2. The average molecular weight is 202 g/mol. The molecule has 0 amide bonds. The number of benzene rings is 1. The lowest BCUT2D eigenvalue weighted by atomic mass is 9.76. The number of nitrogens with zero attached hydrogens (tertiary/aromatic N) is 1. The van der Waals surface area contributed by atoms with Gasteiger partial charge in [-0.25, -0.2) is 0 Å². The summed E-state index contributed by atoms with van der Waals surface area (Å²) < 4.78 is 0. The summed E-state index contributed by atoms with van der Waals surface area (Å²) in [7, 11) is 3.90. The van der Waals surface area contributed by atoms with Crippen molar-refractivity contribution >= 4 is 6.29 Å². The van der Waals surface area contributed by atoms with Crippen LogP contribution >= 0.6 is 0 Å². The molecule has 0 fully saturated rings. The van der Waals surface area contributed by atoms with Gasteiger partial charge in [-0.1, -0.05) is 24.3 Å². The molecule has 79 valence electrons. The predicted molar refractivity (Wildman–Crippen MR) is 60.4 cm³/mol. The van der Waals surface area contributed by atoms with E-state index < -0.39 is 5.54 Å². The fourth-order valence-electron chi connectivity index (χ4n) is 2.47. The van der Waals surface area contributed by atoms with Gasteiger partial charge in [0.25, 0.3) is 0 Å². The maximum absolute atomic E-state index is 11.3. The van der Waals surface area contributed by atoms with Crippen LogP contribution in [-0.4, -0.2) is 25.3 Å². The van der Waals surface area contributed by atoms with Gasteiger partial charge in [-0.2, -0.15) is 0 Å². The first kappa shape index (κ1) is 10.4. The summed E-state index contributed by atoms with van der Waals surface area (Å²) >= 11 is 0. The molecule has 15 heavy (non-hydrogen) atoms. The monoisotopic (exact) mass is 202 g/mol. The first-order chi connectivity index (χ1) is 7.20. The van der Waals surface area contributed by atoms with Gasteiger partial charge in [0.1, 0.15) is 5.54 Å². The van der Waals surface area contributed by atoms with Crippen molar-refractivity contribution in [3.63, 3.8) is 0 Å². The largest absolute Gasteiger partial charge is 0.293 e. The van der Waals surface area contributed by atoms with Crippen LogP contribution in [0.2, 0.25) is 0 Å². The zero-order valence-electron chi connectivity index (χ0n) is 9.29. The molecule has 1 aromatic carbocycles. The summed E-state index contributed by atoms with van der Waals surface area (Å²) in [4.78, 5) is 13.3. The molecule has 0 saturated carbocycles. The highest BCUT2D eigenvalue weighted by Gasteiger charge is 2.39. The van der Waals surface area contributed by atoms with E-state index in [1.165, 1.54) is 5.56 Å². The quantitative estimate of drug-likeness (QED) is 0.730. The van der Waals surface area contributed by atoms with Crippen LogP contribution in [0.25, 0.3) is 0 Å². The second-order valence-corrected chi connectivity index (χ2v) is 4.37. The van der Waals surface area contributed by atoms with Crippen molar-refractivity contribution in [3.05, 3.63) is 35.4 Å². The number of rotatable bonds is 2. The van der Waals surface area contributed by atoms with Crippen molar-refractivity contribution in [3.8, 4) is 0 Å². The Balaban J connectivity index is 2.57. The minimum atomic E-state index is -0.519. The Hall–Kier alpha value is -1.15. The van der Waals surface area contributed by atoms with Crippen molar-refractivity contribution in [2.75, 3.05) is 14.1 Å². The molecule has 0 N–H and O–H groups in total. The molecule has 1 aliphatic carbocycles.